The zero-order chi connectivity index (χ0) is 7.56. The number of nitrogens with zero attached hydrogens (tertiary/aromatic N) is 1. The number of aryl methyl sites for hydroxylation is 1. The molecular formula is C8H11NO. The van der Waals surface area contributed by atoms with Crippen molar-refractivity contribution in [2.75, 3.05) is 0 Å². The summed E-state index contributed by atoms with van der Waals surface area (Å²) in [7, 11) is 0. The molecule has 0 spiro atoms. The van der Waals surface area contributed by atoms with Crippen molar-refractivity contribution in [2.45, 2.75) is 20.8 Å². The average molecular weight is 137 g/mol. The summed E-state index contributed by atoms with van der Waals surface area (Å²) in [5.41, 5.74) is 1.82. The van der Waals surface area contributed by atoms with Gasteiger partial charge in [-0.2, -0.15) is 0 Å². The van der Waals surface area contributed by atoms with Gasteiger partial charge in [0, 0.05) is 5.22 Å². The van der Waals surface area contributed by atoms with Crippen LogP contribution in [-0.2, 0) is 0 Å². The second-order valence-electron chi connectivity index (χ2n) is 2.12. The summed E-state index contributed by atoms with van der Waals surface area (Å²) < 4.78 is 5.00. The normalized spacial score (nSPS) is 14.7. The Labute approximate surface area is 59.8 Å². The third-order valence-corrected chi connectivity index (χ3v) is 1.49. The number of hydrogen-bond acceptors (Lipinski definition) is 2. The highest BCUT2D eigenvalue weighted by molar-refractivity contribution is 5.25. The zero-order valence-electron chi connectivity index (χ0n) is 6.51. The molecule has 54 valence electrons. The SMILES string of the molecule is CC=c1onc(C)c1=CC. The van der Waals surface area contributed by atoms with E-state index in [2.05, 4.69) is 5.16 Å². The van der Waals surface area contributed by atoms with Gasteiger partial charge in [0.2, 0.25) is 0 Å². The molecule has 0 aromatic carbocycles. The van der Waals surface area contributed by atoms with Gasteiger partial charge >= 0.3 is 0 Å². The molecule has 0 aliphatic rings. The Balaban J connectivity index is 3.59. The molecule has 1 heterocycles. The van der Waals surface area contributed by atoms with Crippen molar-refractivity contribution in [3.05, 3.63) is 16.3 Å². The van der Waals surface area contributed by atoms with E-state index >= 15 is 0 Å². The van der Waals surface area contributed by atoms with Gasteiger partial charge in [0.1, 0.15) is 0 Å². The van der Waals surface area contributed by atoms with Gasteiger partial charge in [-0.25, -0.2) is 0 Å². The third-order valence-electron chi connectivity index (χ3n) is 1.49. The molecular weight excluding hydrogens is 126 g/mol. The van der Waals surface area contributed by atoms with Crippen LogP contribution in [0.1, 0.15) is 19.5 Å². The first-order valence-corrected chi connectivity index (χ1v) is 3.34. The standard InChI is InChI=1S/C8H11NO/c1-4-7-6(3)9-10-8(7)5-2/h4-5H,1-3H3. The first-order chi connectivity index (χ1) is 4.79. The summed E-state index contributed by atoms with van der Waals surface area (Å²) in [4.78, 5) is 0. The quantitative estimate of drug-likeness (QED) is 0.523. The van der Waals surface area contributed by atoms with E-state index in [1.807, 2.05) is 32.9 Å². The second kappa shape index (κ2) is 2.69. The molecule has 1 aromatic heterocycles. The summed E-state index contributed by atoms with van der Waals surface area (Å²) in [5, 5.41) is 4.92. The van der Waals surface area contributed by atoms with Gasteiger partial charge < -0.3 is 4.52 Å². The van der Waals surface area contributed by atoms with Crippen molar-refractivity contribution in [3.8, 4) is 0 Å². The van der Waals surface area contributed by atoms with E-state index in [9.17, 15) is 0 Å². The van der Waals surface area contributed by atoms with Gasteiger partial charge in [-0.05, 0) is 26.8 Å². The van der Waals surface area contributed by atoms with Gasteiger partial charge in [0.05, 0.1) is 5.69 Å². The fourth-order valence-corrected chi connectivity index (χ4v) is 0.954. The molecule has 1 aromatic rings. The van der Waals surface area contributed by atoms with Crippen molar-refractivity contribution in [2.24, 2.45) is 0 Å². The maximum atomic E-state index is 5.00. The topological polar surface area (TPSA) is 26.0 Å². The third kappa shape index (κ3) is 0.967. The maximum Gasteiger partial charge on any atom is 0.162 e. The van der Waals surface area contributed by atoms with Crippen LogP contribution in [0.5, 0.6) is 0 Å². The van der Waals surface area contributed by atoms with Crippen LogP contribution in [0.15, 0.2) is 4.52 Å². The van der Waals surface area contributed by atoms with Crippen molar-refractivity contribution >= 4 is 12.2 Å². The van der Waals surface area contributed by atoms with Crippen LogP contribution in [0.2, 0.25) is 0 Å². The zero-order valence-corrected chi connectivity index (χ0v) is 6.51. The van der Waals surface area contributed by atoms with Crippen LogP contribution in [0, 0.1) is 6.92 Å². The summed E-state index contributed by atoms with van der Waals surface area (Å²) in [6.07, 6.45) is 3.91. The van der Waals surface area contributed by atoms with Gasteiger partial charge in [0.15, 0.2) is 5.42 Å². The first kappa shape index (κ1) is 7.06. The molecule has 0 saturated carbocycles. The molecule has 2 heteroatoms. The number of rotatable bonds is 0. The highest BCUT2D eigenvalue weighted by Gasteiger charge is 1.93. The minimum Gasteiger partial charge on any atom is -0.356 e. The first-order valence-electron chi connectivity index (χ1n) is 3.34. The Kier molecular flexibility index (Phi) is 1.90. The van der Waals surface area contributed by atoms with E-state index in [-0.39, 0.29) is 0 Å². The highest BCUT2D eigenvalue weighted by Crippen LogP contribution is 1.75. The summed E-state index contributed by atoms with van der Waals surface area (Å²) in [6, 6.07) is 0. The average Bonchev–Trinajstić information content (AvgIpc) is 2.30. The van der Waals surface area contributed by atoms with E-state index in [0.29, 0.717) is 0 Å². The lowest BCUT2D eigenvalue weighted by molar-refractivity contribution is 0.389. The Bertz CT molecular complexity index is 322. The van der Waals surface area contributed by atoms with Crippen LogP contribution in [-0.4, -0.2) is 5.16 Å². The van der Waals surface area contributed by atoms with Crippen molar-refractivity contribution < 1.29 is 4.52 Å². The van der Waals surface area contributed by atoms with Crippen molar-refractivity contribution in [1.82, 2.24) is 5.16 Å². The van der Waals surface area contributed by atoms with Crippen molar-refractivity contribution in [1.29, 1.82) is 0 Å². The second-order valence-corrected chi connectivity index (χ2v) is 2.12. The molecule has 1 rings (SSSR count). The van der Waals surface area contributed by atoms with E-state index < -0.39 is 0 Å². The molecule has 10 heavy (non-hydrogen) atoms. The summed E-state index contributed by atoms with van der Waals surface area (Å²) >= 11 is 0. The Morgan fingerprint density at radius 2 is 2.00 bits per heavy atom. The highest BCUT2D eigenvalue weighted by atomic mass is 16.5. The fourth-order valence-electron chi connectivity index (χ4n) is 0.954. The predicted octanol–water partition coefficient (Wildman–Crippen LogP) is 0.584. The predicted molar refractivity (Wildman–Crippen MR) is 40.8 cm³/mol. The van der Waals surface area contributed by atoms with Crippen LogP contribution in [0.4, 0.5) is 0 Å². The monoisotopic (exact) mass is 137 g/mol. The van der Waals surface area contributed by atoms with Crippen LogP contribution >= 0.6 is 0 Å². The van der Waals surface area contributed by atoms with Gasteiger partial charge in [0.25, 0.3) is 0 Å². The molecule has 0 radical (unpaired) electrons. The Morgan fingerprint density at radius 3 is 2.40 bits per heavy atom. The Hall–Kier alpha value is -1.05. The maximum absolute atomic E-state index is 5.00. The lowest BCUT2D eigenvalue weighted by Gasteiger charge is -1.72. The summed E-state index contributed by atoms with van der Waals surface area (Å²) in [6.45, 7) is 5.85. The van der Waals surface area contributed by atoms with Gasteiger partial charge in [-0.3, -0.25) is 0 Å². The minimum absolute atomic E-state index is 0.861. The van der Waals surface area contributed by atoms with Gasteiger partial charge in [-0.1, -0.05) is 11.2 Å². The molecule has 0 atom stereocenters. The molecule has 0 bridgehead atoms. The van der Waals surface area contributed by atoms with E-state index in [1.165, 1.54) is 0 Å². The van der Waals surface area contributed by atoms with Gasteiger partial charge in [-0.15, -0.1) is 0 Å². The van der Waals surface area contributed by atoms with Crippen LogP contribution in [0.3, 0.4) is 0 Å². The van der Waals surface area contributed by atoms with E-state index in [1.54, 1.807) is 0 Å². The fraction of sp³-hybridized carbons (Fsp3) is 0.375. The molecule has 0 aliphatic carbocycles. The number of hydrogen-bond donors (Lipinski definition) is 0. The molecule has 0 fully saturated rings. The summed E-state index contributed by atoms with van der Waals surface area (Å²) in [5.74, 6) is 0. The van der Waals surface area contributed by atoms with E-state index in [4.69, 9.17) is 4.52 Å². The minimum atomic E-state index is 0.861. The van der Waals surface area contributed by atoms with E-state index in [0.717, 1.165) is 16.3 Å². The lowest BCUT2D eigenvalue weighted by Crippen LogP contribution is -2.20. The molecule has 0 unspecified atom stereocenters. The number of aromatic nitrogens is 1. The molecule has 0 N–H and O–H groups in total. The molecule has 0 saturated heterocycles. The molecule has 2 nitrogen and oxygen atoms in total. The molecule has 0 amide bonds. The van der Waals surface area contributed by atoms with Crippen LogP contribution in [0.25, 0.3) is 12.2 Å². The Morgan fingerprint density at radius 1 is 1.30 bits per heavy atom. The smallest absolute Gasteiger partial charge is 0.162 e. The van der Waals surface area contributed by atoms with Crippen LogP contribution < -0.4 is 10.6 Å². The molecule has 0 aliphatic heterocycles. The largest absolute Gasteiger partial charge is 0.356 e. The van der Waals surface area contributed by atoms with Crippen molar-refractivity contribution in [3.63, 3.8) is 0 Å². The lowest BCUT2D eigenvalue weighted by atomic mass is 10.3.